The average molecular weight is 183 g/mol. The van der Waals surface area contributed by atoms with Gasteiger partial charge in [0.1, 0.15) is 0 Å². The lowest BCUT2D eigenvalue weighted by atomic mass is 10.2. The lowest BCUT2D eigenvalue weighted by molar-refractivity contribution is 0.188. The van der Waals surface area contributed by atoms with E-state index in [0.29, 0.717) is 0 Å². The van der Waals surface area contributed by atoms with E-state index in [1.807, 2.05) is 17.7 Å². The molecule has 0 radical (unpaired) electrons. The van der Waals surface area contributed by atoms with Crippen LogP contribution >= 0.6 is 0 Å². The smallest absolute Gasteiger partial charge is 0.0548 e. The highest BCUT2D eigenvalue weighted by Crippen LogP contribution is 2.08. The maximum Gasteiger partial charge on any atom is 0.0548 e. The molecule has 0 spiro atoms. The van der Waals surface area contributed by atoms with Crippen molar-refractivity contribution in [3.8, 4) is 0 Å². The predicted molar refractivity (Wildman–Crippen MR) is 51.3 cm³/mol. The maximum atomic E-state index is 5.77. The molecule has 0 bridgehead atoms. The van der Waals surface area contributed by atoms with Crippen molar-refractivity contribution in [1.82, 2.24) is 9.78 Å². The Kier molecular flexibility index (Phi) is 3.92. The molecule has 0 saturated heterocycles. The third-order valence-corrected chi connectivity index (χ3v) is 1.93. The molecule has 13 heavy (non-hydrogen) atoms. The Labute approximate surface area is 78.7 Å². The number of hydrogen-bond acceptors (Lipinski definition) is 3. The maximum absolute atomic E-state index is 5.77. The van der Waals surface area contributed by atoms with Crippen LogP contribution in [0.2, 0.25) is 0 Å². The Morgan fingerprint density at radius 2 is 2.46 bits per heavy atom. The van der Waals surface area contributed by atoms with Gasteiger partial charge in [-0.1, -0.05) is 0 Å². The molecule has 1 atom stereocenters. The van der Waals surface area contributed by atoms with E-state index in [-0.39, 0.29) is 6.04 Å². The standard InChI is InChI=1S/C9H17N3O/c1-8(10)9-4-5-11-12(9)6-3-7-13-2/h4-5,8H,3,6-7,10H2,1-2H3. The summed E-state index contributed by atoms with van der Waals surface area (Å²) in [5.41, 5.74) is 6.85. The second kappa shape index (κ2) is 4.99. The second-order valence-corrected chi connectivity index (χ2v) is 3.11. The summed E-state index contributed by atoms with van der Waals surface area (Å²) < 4.78 is 6.90. The molecule has 0 aromatic carbocycles. The van der Waals surface area contributed by atoms with Crippen molar-refractivity contribution < 1.29 is 4.74 Å². The van der Waals surface area contributed by atoms with Crippen LogP contribution in [0.3, 0.4) is 0 Å². The van der Waals surface area contributed by atoms with E-state index in [2.05, 4.69) is 5.10 Å². The summed E-state index contributed by atoms with van der Waals surface area (Å²) >= 11 is 0. The zero-order valence-corrected chi connectivity index (χ0v) is 8.23. The summed E-state index contributed by atoms with van der Waals surface area (Å²) in [6.45, 7) is 3.60. The van der Waals surface area contributed by atoms with E-state index in [1.54, 1.807) is 13.3 Å². The van der Waals surface area contributed by atoms with Gasteiger partial charge in [-0.15, -0.1) is 0 Å². The lowest BCUT2D eigenvalue weighted by Gasteiger charge is -2.09. The van der Waals surface area contributed by atoms with Gasteiger partial charge in [0.2, 0.25) is 0 Å². The Balaban J connectivity index is 2.50. The normalized spacial score (nSPS) is 13.2. The van der Waals surface area contributed by atoms with E-state index in [9.17, 15) is 0 Å². The zero-order valence-electron chi connectivity index (χ0n) is 8.23. The number of methoxy groups -OCH3 is 1. The van der Waals surface area contributed by atoms with Crippen LogP contribution in [-0.2, 0) is 11.3 Å². The molecule has 1 unspecified atom stereocenters. The van der Waals surface area contributed by atoms with Crippen molar-refractivity contribution in [2.75, 3.05) is 13.7 Å². The van der Waals surface area contributed by atoms with Crippen molar-refractivity contribution >= 4 is 0 Å². The molecule has 4 nitrogen and oxygen atoms in total. The number of hydrogen-bond donors (Lipinski definition) is 1. The minimum Gasteiger partial charge on any atom is -0.385 e. The van der Waals surface area contributed by atoms with Crippen LogP contribution in [0, 0.1) is 0 Å². The number of nitrogens with zero attached hydrogens (tertiary/aromatic N) is 2. The van der Waals surface area contributed by atoms with Crippen LogP contribution in [0.1, 0.15) is 25.1 Å². The molecule has 2 N–H and O–H groups in total. The Bertz CT molecular complexity index is 245. The molecule has 74 valence electrons. The molecule has 0 aliphatic heterocycles. The molecule has 1 rings (SSSR count). The molecule has 1 aromatic heterocycles. The van der Waals surface area contributed by atoms with E-state index in [1.165, 1.54) is 0 Å². The predicted octanol–water partition coefficient (Wildman–Crippen LogP) is 0.939. The number of nitrogens with two attached hydrogens (primary N) is 1. The highest BCUT2D eigenvalue weighted by Gasteiger charge is 2.05. The number of ether oxygens (including phenoxy) is 1. The minimum absolute atomic E-state index is 0.0463. The molecule has 0 aliphatic carbocycles. The van der Waals surface area contributed by atoms with Crippen LogP contribution in [0.5, 0.6) is 0 Å². The van der Waals surface area contributed by atoms with Crippen molar-refractivity contribution in [2.24, 2.45) is 5.73 Å². The first kappa shape index (κ1) is 10.2. The molecule has 1 aromatic rings. The summed E-state index contributed by atoms with van der Waals surface area (Å²) in [4.78, 5) is 0. The van der Waals surface area contributed by atoms with Gasteiger partial charge < -0.3 is 10.5 Å². The Morgan fingerprint density at radius 1 is 1.69 bits per heavy atom. The van der Waals surface area contributed by atoms with Crippen molar-refractivity contribution in [3.63, 3.8) is 0 Å². The molecular weight excluding hydrogens is 166 g/mol. The molecule has 1 heterocycles. The van der Waals surface area contributed by atoms with Crippen molar-refractivity contribution in [1.29, 1.82) is 0 Å². The van der Waals surface area contributed by atoms with E-state index >= 15 is 0 Å². The Hall–Kier alpha value is -0.870. The fourth-order valence-corrected chi connectivity index (χ4v) is 1.28. The summed E-state index contributed by atoms with van der Waals surface area (Å²) in [7, 11) is 1.70. The van der Waals surface area contributed by atoms with E-state index in [0.717, 1.165) is 25.3 Å². The number of aromatic nitrogens is 2. The quantitative estimate of drug-likeness (QED) is 0.691. The van der Waals surface area contributed by atoms with Gasteiger partial charge in [-0.2, -0.15) is 5.10 Å². The van der Waals surface area contributed by atoms with Crippen LogP contribution in [-0.4, -0.2) is 23.5 Å². The van der Waals surface area contributed by atoms with Gasteiger partial charge in [0.15, 0.2) is 0 Å². The minimum atomic E-state index is 0.0463. The van der Waals surface area contributed by atoms with Crippen LogP contribution in [0.4, 0.5) is 0 Å². The van der Waals surface area contributed by atoms with Crippen molar-refractivity contribution in [3.05, 3.63) is 18.0 Å². The third-order valence-electron chi connectivity index (χ3n) is 1.93. The largest absolute Gasteiger partial charge is 0.385 e. The highest BCUT2D eigenvalue weighted by molar-refractivity contribution is 5.04. The van der Waals surface area contributed by atoms with Gasteiger partial charge >= 0.3 is 0 Å². The summed E-state index contributed by atoms with van der Waals surface area (Å²) in [5.74, 6) is 0. The van der Waals surface area contributed by atoms with E-state index in [4.69, 9.17) is 10.5 Å². The molecule has 0 saturated carbocycles. The highest BCUT2D eigenvalue weighted by atomic mass is 16.5. The topological polar surface area (TPSA) is 53.1 Å². The molecule has 0 amide bonds. The fraction of sp³-hybridized carbons (Fsp3) is 0.667. The fourth-order valence-electron chi connectivity index (χ4n) is 1.28. The summed E-state index contributed by atoms with van der Waals surface area (Å²) in [6.07, 6.45) is 2.75. The molecular formula is C9H17N3O. The molecule has 0 fully saturated rings. The molecule has 4 heteroatoms. The summed E-state index contributed by atoms with van der Waals surface area (Å²) in [5, 5.41) is 4.19. The van der Waals surface area contributed by atoms with Gasteiger partial charge in [-0.05, 0) is 19.4 Å². The average Bonchev–Trinajstić information content (AvgIpc) is 2.53. The molecule has 0 aliphatic rings. The van der Waals surface area contributed by atoms with Gasteiger partial charge in [0, 0.05) is 32.5 Å². The zero-order chi connectivity index (χ0) is 9.68. The first-order chi connectivity index (χ1) is 6.25. The Morgan fingerprint density at radius 3 is 3.08 bits per heavy atom. The third kappa shape index (κ3) is 2.82. The first-order valence-corrected chi connectivity index (χ1v) is 4.52. The van der Waals surface area contributed by atoms with Crippen LogP contribution in [0.15, 0.2) is 12.3 Å². The number of rotatable bonds is 5. The van der Waals surface area contributed by atoms with Gasteiger partial charge in [0.05, 0.1) is 5.69 Å². The SMILES string of the molecule is COCCCn1nccc1C(C)N. The van der Waals surface area contributed by atoms with Gasteiger partial charge in [-0.25, -0.2) is 0 Å². The number of aryl methyl sites for hydroxylation is 1. The van der Waals surface area contributed by atoms with Crippen molar-refractivity contribution in [2.45, 2.75) is 25.9 Å². The van der Waals surface area contributed by atoms with Crippen LogP contribution in [0.25, 0.3) is 0 Å². The van der Waals surface area contributed by atoms with E-state index < -0.39 is 0 Å². The lowest BCUT2D eigenvalue weighted by Crippen LogP contribution is -2.14. The first-order valence-electron chi connectivity index (χ1n) is 4.52. The van der Waals surface area contributed by atoms with Gasteiger partial charge in [0.25, 0.3) is 0 Å². The monoisotopic (exact) mass is 183 g/mol. The van der Waals surface area contributed by atoms with Gasteiger partial charge in [-0.3, -0.25) is 4.68 Å². The van der Waals surface area contributed by atoms with Crippen LogP contribution < -0.4 is 5.73 Å². The second-order valence-electron chi connectivity index (χ2n) is 3.11. The summed E-state index contributed by atoms with van der Waals surface area (Å²) in [6, 6.07) is 2.00.